The third-order valence-corrected chi connectivity index (χ3v) is 2.20. The van der Waals surface area contributed by atoms with Gasteiger partial charge >= 0.3 is 5.97 Å². The molecule has 0 aromatic carbocycles. The smallest absolute Gasteiger partial charge is 0.357 e. The molecule has 0 fully saturated rings. The number of nitrogens with zero attached hydrogens (tertiary/aromatic N) is 1. The van der Waals surface area contributed by atoms with Crippen LogP contribution in [-0.2, 0) is 0 Å². The zero-order chi connectivity index (χ0) is 11.6. The van der Waals surface area contributed by atoms with Crippen molar-refractivity contribution >= 4 is 12.0 Å². The zero-order valence-electron chi connectivity index (χ0n) is 8.81. The van der Waals surface area contributed by atoms with E-state index in [0.717, 1.165) is 6.26 Å². The molecule has 0 spiro atoms. The van der Waals surface area contributed by atoms with E-state index in [1.165, 1.54) is 0 Å². The van der Waals surface area contributed by atoms with Gasteiger partial charge in [0.15, 0.2) is 5.69 Å². The van der Waals surface area contributed by atoms with Gasteiger partial charge in [0, 0.05) is 0 Å². The Bertz CT molecular complexity index is 357. The molecule has 1 unspecified atom stereocenters. The Morgan fingerprint density at radius 1 is 1.67 bits per heavy atom. The number of aromatic nitrogens is 1. The molecule has 3 N–H and O–H groups in total. The predicted molar refractivity (Wildman–Crippen MR) is 52.8 cm³/mol. The second-order valence-electron chi connectivity index (χ2n) is 3.87. The molecule has 1 heterocycles. The lowest BCUT2D eigenvalue weighted by Gasteiger charge is -2.28. The van der Waals surface area contributed by atoms with Crippen molar-refractivity contribution in [2.75, 3.05) is 5.32 Å². The molecule has 1 rings (SSSR count). The van der Waals surface area contributed by atoms with Gasteiger partial charge < -0.3 is 19.9 Å². The number of hydrogen-bond donors (Lipinski definition) is 3. The highest BCUT2D eigenvalue weighted by Crippen LogP contribution is 2.17. The molecule has 1 aromatic heterocycles. The summed E-state index contributed by atoms with van der Waals surface area (Å²) < 4.78 is 4.90. The maximum atomic E-state index is 10.5. The van der Waals surface area contributed by atoms with Crippen LogP contribution in [-0.4, -0.2) is 32.8 Å². The molecule has 84 valence electrons. The Labute approximate surface area is 86.9 Å². The average molecular weight is 214 g/mol. The fraction of sp³-hybridized carbons (Fsp3) is 0.556. The van der Waals surface area contributed by atoms with Crippen LogP contribution in [0.1, 0.15) is 31.3 Å². The van der Waals surface area contributed by atoms with Crippen LogP contribution in [0.15, 0.2) is 10.7 Å². The number of carbonyl (C=O) groups is 1. The number of hydrogen-bond acceptors (Lipinski definition) is 5. The van der Waals surface area contributed by atoms with Gasteiger partial charge in [0.1, 0.15) is 6.26 Å². The van der Waals surface area contributed by atoms with Gasteiger partial charge in [-0.15, -0.1) is 0 Å². The van der Waals surface area contributed by atoms with Crippen molar-refractivity contribution < 1.29 is 19.4 Å². The lowest BCUT2D eigenvalue weighted by Crippen LogP contribution is -2.42. The third kappa shape index (κ3) is 2.69. The van der Waals surface area contributed by atoms with Crippen LogP contribution in [0.5, 0.6) is 0 Å². The fourth-order valence-electron chi connectivity index (χ4n) is 0.809. The molecule has 15 heavy (non-hydrogen) atoms. The van der Waals surface area contributed by atoms with Crippen LogP contribution in [0.2, 0.25) is 0 Å². The molecule has 0 amide bonds. The average Bonchev–Trinajstić information content (AvgIpc) is 2.51. The highest BCUT2D eigenvalue weighted by molar-refractivity contribution is 5.85. The summed E-state index contributed by atoms with van der Waals surface area (Å²) in [4.78, 5) is 14.2. The van der Waals surface area contributed by atoms with E-state index in [4.69, 9.17) is 9.52 Å². The van der Waals surface area contributed by atoms with Crippen LogP contribution in [0.25, 0.3) is 0 Å². The maximum Gasteiger partial charge on any atom is 0.357 e. The van der Waals surface area contributed by atoms with E-state index in [1.807, 2.05) is 0 Å². The van der Waals surface area contributed by atoms with E-state index >= 15 is 0 Å². The van der Waals surface area contributed by atoms with Gasteiger partial charge in [0.05, 0.1) is 11.6 Å². The summed E-state index contributed by atoms with van der Waals surface area (Å²) in [7, 11) is 0. The Kier molecular flexibility index (Phi) is 2.99. The first-order chi connectivity index (χ1) is 6.83. The van der Waals surface area contributed by atoms with Crippen LogP contribution in [0, 0.1) is 0 Å². The third-order valence-electron chi connectivity index (χ3n) is 2.20. The van der Waals surface area contributed by atoms with Crippen molar-refractivity contribution in [3.8, 4) is 0 Å². The molecule has 6 nitrogen and oxygen atoms in total. The molecule has 0 saturated carbocycles. The minimum atomic E-state index is -1.15. The fourth-order valence-corrected chi connectivity index (χ4v) is 0.809. The summed E-state index contributed by atoms with van der Waals surface area (Å²) in [6.45, 7) is 5.12. The summed E-state index contributed by atoms with van der Waals surface area (Å²) in [5.74, 6) is -1.15. The number of carboxylic acid groups (broad SMARTS) is 1. The van der Waals surface area contributed by atoms with Gasteiger partial charge in [-0.25, -0.2) is 4.79 Å². The summed E-state index contributed by atoms with van der Waals surface area (Å²) in [6.07, 6.45) is 0.417. The number of nitrogens with one attached hydrogen (secondary N) is 1. The summed E-state index contributed by atoms with van der Waals surface area (Å²) in [5, 5.41) is 20.8. The highest BCUT2D eigenvalue weighted by atomic mass is 16.4. The molecule has 6 heteroatoms. The van der Waals surface area contributed by atoms with Crippen LogP contribution in [0.4, 0.5) is 6.01 Å². The standard InChI is InChI=1S/C9H14N2O4/c1-5(12)9(2,3)11-8-10-6(4-15-8)7(13)14/h4-5,12H,1-3H3,(H,10,11)(H,13,14). The molecule has 1 aromatic rings. The summed E-state index contributed by atoms with van der Waals surface area (Å²) in [5.41, 5.74) is -0.806. The normalized spacial score (nSPS) is 13.6. The van der Waals surface area contributed by atoms with E-state index in [0.29, 0.717) is 0 Å². The maximum absolute atomic E-state index is 10.5. The number of rotatable bonds is 4. The van der Waals surface area contributed by atoms with Crippen molar-refractivity contribution in [3.05, 3.63) is 12.0 Å². The lowest BCUT2D eigenvalue weighted by atomic mass is 9.99. The summed E-state index contributed by atoms with van der Waals surface area (Å²) in [6, 6.07) is 0.0818. The first kappa shape index (κ1) is 11.5. The Hall–Kier alpha value is -1.56. The molecule has 0 aliphatic rings. The second-order valence-corrected chi connectivity index (χ2v) is 3.87. The van der Waals surface area contributed by atoms with Crippen LogP contribution >= 0.6 is 0 Å². The number of carboxylic acids is 1. The molecular formula is C9H14N2O4. The van der Waals surface area contributed by atoms with E-state index < -0.39 is 17.6 Å². The number of aliphatic hydroxyl groups excluding tert-OH is 1. The minimum Gasteiger partial charge on any atom is -0.476 e. The van der Waals surface area contributed by atoms with Crippen molar-refractivity contribution in [2.45, 2.75) is 32.4 Å². The van der Waals surface area contributed by atoms with Crippen molar-refractivity contribution in [3.63, 3.8) is 0 Å². The monoisotopic (exact) mass is 214 g/mol. The Morgan fingerprint density at radius 3 is 2.67 bits per heavy atom. The number of aliphatic hydroxyl groups is 1. The van der Waals surface area contributed by atoms with Gasteiger partial charge in [0.2, 0.25) is 0 Å². The van der Waals surface area contributed by atoms with Crippen LogP contribution < -0.4 is 5.32 Å². The molecule has 0 aliphatic heterocycles. The predicted octanol–water partition coefficient (Wildman–Crippen LogP) is 0.944. The van der Waals surface area contributed by atoms with Crippen LogP contribution in [0.3, 0.4) is 0 Å². The quantitative estimate of drug-likeness (QED) is 0.690. The van der Waals surface area contributed by atoms with E-state index in [9.17, 15) is 9.90 Å². The van der Waals surface area contributed by atoms with Crippen molar-refractivity contribution in [2.24, 2.45) is 0 Å². The molecule has 1 atom stereocenters. The molecule has 0 bridgehead atoms. The van der Waals surface area contributed by atoms with Gasteiger partial charge in [-0.2, -0.15) is 4.98 Å². The topological polar surface area (TPSA) is 95.6 Å². The highest BCUT2D eigenvalue weighted by Gasteiger charge is 2.26. The van der Waals surface area contributed by atoms with Gasteiger partial charge in [-0.05, 0) is 20.8 Å². The molecule has 0 aliphatic carbocycles. The Morgan fingerprint density at radius 2 is 2.27 bits per heavy atom. The van der Waals surface area contributed by atoms with E-state index in [-0.39, 0.29) is 11.7 Å². The Balaban J connectivity index is 2.77. The molecular weight excluding hydrogens is 200 g/mol. The van der Waals surface area contributed by atoms with Crippen molar-refractivity contribution in [1.29, 1.82) is 0 Å². The van der Waals surface area contributed by atoms with Gasteiger partial charge in [-0.3, -0.25) is 0 Å². The molecule has 0 radical (unpaired) electrons. The van der Waals surface area contributed by atoms with E-state index in [1.54, 1.807) is 20.8 Å². The second kappa shape index (κ2) is 3.90. The lowest BCUT2D eigenvalue weighted by molar-refractivity contribution is 0.0690. The minimum absolute atomic E-state index is 0.0818. The number of aromatic carboxylic acids is 1. The summed E-state index contributed by atoms with van der Waals surface area (Å²) >= 11 is 0. The van der Waals surface area contributed by atoms with Gasteiger partial charge in [-0.1, -0.05) is 0 Å². The largest absolute Gasteiger partial charge is 0.476 e. The molecule has 0 saturated heterocycles. The SMILES string of the molecule is CC(O)C(C)(C)Nc1nc(C(=O)O)co1. The number of oxazole rings is 1. The first-order valence-corrected chi connectivity index (χ1v) is 4.48. The van der Waals surface area contributed by atoms with E-state index in [2.05, 4.69) is 10.3 Å². The zero-order valence-corrected chi connectivity index (χ0v) is 8.81. The van der Waals surface area contributed by atoms with Crippen molar-refractivity contribution in [1.82, 2.24) is 4.98 Å². The van der Waals surface area contributed by atoms with Gasteiger partial charge in [0.25, 0.3) is 6.01 Å². The first-order valence-electron chi connectivity index (χ1n) is 4.48. The number of anilines is 1.